The van der Waals surface area contributed by atoms with Crippen LogP contribution in [0.5, 0.6) is 0 Å². The molecule has 0 fully saturated rings. The third kappa shape index (κ3) is 6.27. The van der Waals surface area contributed by atoms with E-state index in [1.54, 1.807) is 0 Å². The molecular weight excluding hydrogens is 392 g/mol. The highest BCUT2D eigenvalue weighted by Crippen LogP contribution is 2.15. The van der Waals surface area contributed by atoms with Crippen molar-refractivity contribution in [1.82, 2.24) is 34.9 Å². The topological polar surface area (TPSA) is 94.2 Å². The van der Waals surface area contributed by atoms with Crippen LogP contribution in [0.1, 0.15) is 37.2 Å². The fourth-order valence-electron chi connectivity index (χ4n) is 3.36. The normalized spacial score (nSPS) is 11.9. The zero-order valence-electron chi connectivity index (χ0n) is 19.1. The molecule has 0 saturated carbocycles. The second kappa shape index (κ2) is 11.5. The van der Waals surface area contributed by atoms with Crippen LogP contribution in [0.4, 0.5) is 0 Å². The number of aryl methyl sites for hydroxylation is 3. The van der Waals surface area contributed by atoms with Crippen molar-refractivity contribution in [2.45, 2.75) is 46.7 Å². The fraction of sp³-hybridized carbons (Fsp3) is 0.545. The SMILES string of the molecule is CCOCCCNC(=NCc1nnc(C)n1C)NCCCn1c(C)nc2ccccc21. The molecule has 0 atom stereocenters. The minimum absolute atomic E-state index is 0.476. The summed E-state index contributed by atoms with van der Waals surface area (Å²) in [5.74, 6) is 3.55. The van der Waals surface area contributed by atoms with Crippen molar-refractivity contribution in [3.05, 3.63) is 41.7 Å². The Bertz CT molecular complexity index is 991. The van der Waals surface area contributed by atoms with E-state index in [1.807, 2.05) is 31.5 Å². The highest BCUT2D eigenvalue weighted by molar-refractivity contribution is 5.79. The van der Waals surface area contributed by atoms with Gasteiger partial charge in [-0.15, -0.1) is 10.2 Å². The first-order chi connectivity index (χ1) is 15.1. The van der Waals surface area contributed by atoms with Crippen molar-refractivity contribution in [2.24, 2.45) is 12.0 Å². The smallest absolute Gasteiger partial charge is 0.191 e. The summed E-state index contributed by atoms with van der Waals surface area (Å²) in [5, 5.41) is 15.1. The Morgan fingerprint density at radius 1 is 1.06 bits per heavy atom. The molecule has 3 aromatic rings. The quantitative estimate of drug-likeness (QED) is 0.278. The van der Waals surface area contributed by atoms with Crippen LogP contribution in [0.15, 0.2) is 29.3 Å². The molecule has 168 valence electrons. The largest absolute Gasteiger partial charge is 0.382 e. The predicted octanol–water partition coefficient (Wildman–Crippen LogP) is 2.33. The minimum atomic E-state index is 0.476. The van der Waals surface area contributed by atoms with Crippen molar-refractivity contribution in [3.63, 3.8) is 0 Å². The number of rotatable bonds is 11. The van der Waals surface area contributed by atoms with Crippen LogP contribution in [-0.2, 0) is 24.9 Å². The van der Waals surface area contributed by atoms with E-state index in [-0.39, 0.29) is 0 Å². The molecule has 2 aromatic heterocycles. The van der Waals surface area contributed by atoms with Crippen molar-refractivity contribution >= 4 is 17.0 Å². The maximum absolute atomic E-state index is 5.42. The second-order valence-corrected chi connectivity index (χ2v) is 7.44. The van der Waals surface area contributed by atoms with E-state index >= 15 is 0 Å². The third-order valence-corrected chi connectivity index (χ3v) is 5.22. The monoisotopic (exact) mass is 426 g/mol. The van der Waals surface area contributed by atoms with Gasteiger partial charge < -0.3 is 24.5 Å². The van der Waals surface area contributed by atoms with E-state index in [4.69, 9.17) is 9.73 Å². The Hall–Kier alpha value is -2.94. The summed E-state index contributed by atoms with van der Waals surface area (Å²) in [6.45, 7) is 10.5. The lowest BCUT2D eigenvalue weighted by Gasteiger charge is -2.13. The molecule has 0 radical (unpaired) electrons. The summed E-state index contributed by atoms with van der Waals surface area (Å²) >= 11 is 0. The Morgan fingerprint density at radius 3 is 2.58 bits per heavy atom. The number of hydrogen-bond donors (Lipinski definition) is 2. The minimum Gasteiger partial charge on any atom is -0.382 e. The van der Waals surface area contributed by atoms with E-state index in [1.165, 1.54) is 5.52 Å². The van der Waals surface area contributed by atoms with Crippen molar-refractivity contribution in [1.29, 1.82) is 0 Å². The van der Waals surface area contributed by atoms with Gasteiger partial charge in [-0.2, -0.15) is 0 Å². The van der Waals surface area contributed by atoms with Gasteiger partial charge in [0.05, 0.1) is 11.0 Å². The summed E-state index contributed by atoms with van der Waals surface area (Å²) in [5.41, 5.74) is 2.23. The van der Waals surface area contributed by atoms with E-state index in [0.29, 0.717) is 6.54 Å². The maximum Gasteiger partial charge on any atom is 0.191 e. The Morgan fingerprint density at radius 2 is 1.84 bits per heavy atom. The molecular formula is C22H34N8O. The Kier molecular flexibility index (Phi) is 8.40. The molecule has 1 aromatic carbocycles. The number of imidazole rings is 1. The summed E-state index contributed by atoms with van der Waals surface area (Å²) < 4.78 is 9.65. The number of nitrogens with zero attached hydrogens (tertiary/aromatic N) is 6. The molecule has 9 heteroatoms. The number of para-hydroxylation sites is 2. The summed E-state index contributed by atoms with van der Waals surface area (Å²) in [4.78, 5) is 9.34. The number of aliphatic imine (C=N–C) groups is 1. The average molecular weight is 427 g/mol. The number of fused-ring (bicyclic) bond motifs is 1. The van der Waals surface area contributed by atoms with Crippen LogP contribution < -0.4 is 10.6 Å². The number of hydrogen-bond acceptors (Lipinski definition) is 5. The first-order valence-corrected chi connectivity index (χ1v) is 11.0. The van der Waals surface area contributed by atoms with E-state index in [9.17, 15) is 0 Å². The molecule has 31 heavy (non-hydrogen) atoms. The van der Waals surface area contributed by atoms with Crippen molar-refractivity contribution in [3.8, 4) is 0 Å². The standard InChI is InChI=1S/C22H34N8O/c1-5-31-15-9-13-24-22(25-16-21-28-27-18(3)29(21)4)23-12-8-14-30-17(2)26-19-10-6-7-11-20(19)30/h6-7,10-11H,5,8-9,12-16H2,1-4H3,(H2,23,24,25). The second-order valence-electron chi connectivity index (χ2n) is 7.44. The molecule has 0 aliphatic heterocycles. The van der Waals surface area contributed by atoms with E-state index in [2.05, 4.69) is 55.5 Å². The number of nitrogens with one attached hydrogen (secondary N) is 2. The first kappa shape index (κ1) is 22.7. The zero-order chi connectivity index (χ0) is 22.1. The highest BCUT2D eigenvalue weighted by Gasteiger charge is 2.07. The van der Waals surface area contributed by atoms with Gasteiger partial charge in [-0.05, 0) is 45.7 Å². The third-order valence-electron chi connectivity index (χ3n) is 5.22. The fourth-order valence-corrected chi connectivity index (χ4v) is 3.36. The van der Waals surface area contributed by atoms with Crippen LogP contribution in [0.3, 0.4) is 0 Å². The highest BCUT2D eigenvalue weighted by atomic mass is 16.5. The van der Waals surface area contributed by atoms with Crippen LogP contribution >= 0.6 is 0 Å². The van der Waals surface area contributed by atoms with Gasteiger partial charge in [0.1, 0.15) is 18.2 Å². The molecule has 0 unspecified atom stereocenters. The average Bonchev–Trinajstić information content (AvgIpc) is 3.26. The maximum atomic E-state index is 5.42. The van der Waals surface area contributed by atoms with E-state index in [0.717, 1.165) is 74.6 Å². The van der Waals surface area contributed by atoms with Crippen molar-refractivity contribution < 1.29 is 4.74 Å². The van der Waals surface area contributed by atoms with Gasteiger partial charge in [0.2, 0.25) is 0 Å². The molecule has 2 heterocycles. The molecule has 2 N–H and O–H groups in total. The van der Waals surface area contributed by atoms with Gasteiger partial charge in [-0.25, -0.2) is 9.98 Å². The van der Waals surface area contributed by atoms with Gasteiger partial charge in [0, 0.05) is 39.9 Å². The van der Waals surface area contributed by atoms with Gasteiger partial charge >= 0.3 is 0 Å². The molecule has 3 rings (SSSR count). The lowest BCUT2D eigenvalue weighted by molar-refractivity contribution is 0.145. The number of benzene rings is 1. The van der Waals surface area contributed by atoms with Gasteiger partial charge in [0.25, 0.3) is 0 Å². The van der Waals surface area contributed by atoms with Gasteiger partial charge in [-0.1, -0.05) is 12.1 Å². The first-order valence-electron chi connectivity index (χ1n) is 11.0. The lowest BCUT2D eigenvalue weighted by atomic mass is 10.3. The summed E-state index contributed by atoms with van der Waals surface area (Å²) in [6.07, 6.45) is 1.89. The van der Waals surface area contributed by atoms with Crippen LogP contribution in [0.2, 0.25) is 0 Å². The number of aromatic nitrogens is 5. The lowest BCUT2D eigenvalue weighted by Crippen LogP contribution is -2.39. The predicted molar refractivity (Wildman–Crippen MR) is 123 cm³/mol. The number of ether oxygens (including phenoxy) is 1. The molecule has 0 amide bonds. The van der Waals surface area contributed by atoms with Gasteiger partial charge in [-0.3, -0.25) is 0 Å². The van der Waals surface area contributed by atoms with Crippen LogP contribution in [0, 0.1) is 13.8 Å². The van der Waals surface area contributed by atoms with Crippen molar-refractivity contribution in [2.75, 3.05) is 26.3 Å². The molecule has 9 nitrogen and oxygen atoms in total. The number of guanidine groups is 1. The molecule has 0 saturated heterocycles. The molecule has 0 aliphatic rings. The van der Waals surface area contributed by atoms with Crippen LogP contribution in [-0.4, -0.2) is 56.6 Å². The Balaban J connectivity index is 1.54. The summed E-state index contributed by atoms with van der Waals surface area (Å²) in [6, 6.07) is 8.27. The van der Waals surface area contributed by atoms with Crippen LogP contribution in [0.25, 0.3) is 11.0 Å². The summed E-state index contributed by atoms with van der Waals surface area (Å²) in [7, 11) is 1.96. The molecule has 0 spiro atoms. The molecule has 0 aliphatic carbocycles. The Labute approximate surface area is 183 Å². The van der Waals surface area contributed by atoms with E-state index < -0.39 is 0 Å². The zero-order valence-corrected chi connectivity index (χ0v) is 19.1. The molecule has 0 bridgehead atoms. The van der Waals surface area contributed by atoms with Gasteiger partial charge in [0.15, 0.2) is 11.8 Å².